The molecule has 0 aliphatic carbocycles. The van der Waals surface area contributed by atoms with Crippen molar-refractivity contribution in [3.05, 3.63) is 59.8 Å². The van der Waals surface area contributed by atoms with Gasteiger partial charge in [-0.15, -0.1) is 5.10 Å². The zero-order chi connectivity index (χ0) is 16.8. The van der Waals surface area contributed by atoms with Crippen LogP contribution in [0, 0.1) is 13.8 Å². The van der Waals surface area contributed by atoms with E-state index < -0.39 is 0 Å². The normalized spacial score (nSPS) is 11.3. The highest BCUT2D eigenvalue weighted by molar-refractivity contribution is 5.70. The van der Waals surface area contributed by atoms with Crippen LogP contribution < -0.4 is 5.73 Å². The number of imidazole rings is 1. The molecule has 0 fully saturated rings. The average Bonchev–Trinajstić information content (AvgIpc) is 3.10. The molecular formula is C19H19N5. The van der Waals surface area contributed by atoms with Gasteiger partial charge in [0.1, 0.15) is 0 Å². The van der Waals surface area contributed by atoms with Crippen molar-refractivity contribution < 1.29 is 0 Å². The number of aryl methyl sites for hydroxylation is 3. The standard InChI is InChI=1S/C19H19N5/c1-12-4-5-16(10-13(12)2)14-6-8-15(9-7-14)17-11-24-19(21-17)23(3)18(20)22-24/h4-11H,1-3H3,(H2,20,22). The van der Waals surface area contributed by atoms with Crippen LogP contribution in [0.15, 0.2) is 48.7 Å². The minimum atomic E-state index is 0.453. The van der Waals surface area contributed by atoms with Crippen LogP contribution in [0.25, 0.3) is 28.2 Å². The lowest BCUT2D eigenvalue weighted by atomic mass is 9.99. The maximum absolute atomic E-state index is 5.78. The fourth-order valence-electron chi connectivity index (χ4n) is 2.84. The Hall–Kier alpha value is -3.08. The van der Waals surface area contributed by atoms with Crippen molar-refractivity contribution in [1.82, 2.24) is 19.2 Å². The first-order chi connectivity index (χ1) is 11.5. The highest BCUT2D eigenvalue weighted by Crippen LogP contribution is 2.26. The van der Waals surface area contributed by atoms with E-state index in [2.05, 4.69) is 66.4 Å². The molecule has 0 aliphatic heterocycles. The molecule has 2 N–H and O–H groups in total. The molecule has 4 rings (SSSR count). The van der Waals surface area contributed by atoms with Crippen LogP contribution in [0.2, 0.25) is 0 Å². The summed E-state index contributed by atoms with van der Waals surface area (Å²) in [5, 5.41) is 4.24. The Morgan fingerprint density at radius 3 is 2.21 bits per heavy atom. The van der Waals surface area contributed by atoms with Gasteiger partial charge in [0.25, 0.3) is 0 Å². The van der Waals surface area contributed by atoms with Crippen LogP contribution in [0.3, 0.4) is 0 Å². The molecule has 5 heteroatoms. The molecule has 2 heterocycles. The van der Waals surface area contributed by atoms with Gasteiger partial charge in [-0.05, 0) is 36.1 Å². The molecule has 5 nitrogen and oxygen atoms in total. The van der Waals surface area contributed by atoms with E-state index in [1.807, 2.05) is 13.2 Å². The molecule has 24 heavy (non-hydrogen) atoms. The lowest BCUT2D eigenvalue weighted by Crippen LogP contribution is -1.97. The second-order valence-electron chi connectivity index (χ2n) is 6.16. The number of hydrogen-bond acceptors (Lipinski definition) is 3. The van der Waals surface area contributed by atoms with Crippen molar-refractivity contribution in [3.8, 4) is 22.4 Å². The van der Waals surface area contributed by atoms with Crippen molar-refractivity contribution in [2.75, 3.05) is 5.73 Å². The molecule has 2 aromatic heterocycles. The molecule has 0 spiro atoms. The number of aromatic nitrogens is 4. The van der Waals surface area contributed by atoms with Crippen LogP contribution in [0.1, 0.15) is 11.1 Å². The molecule has 0 saturated carbocycles. The third-order valence-electron chi connectivity index (χ3n) is 4.54. The Morgan fingerprint density at radius 1 is 0.875 bits per heavy atom. The smallest absolute Gasteiger partial charge is 0.233 e. The van der Waals surface area contributed by atoms with E-state index in [9.17, 15) is 0 Å². The largest absolute Gasteiger partial charge is 0.368 e. The number of nitrogen functional groups attached to an aromatic ring is 1. The summed E-state index contributed by atoms with van der Waals surface area (Å²) in [7, 11) is 1.86. The van der Waals surface area contributed by atoms with E-state index >= 15 is 0 Å². The van der Waals surface area contributed by atoms with Gasteiger partial charge in [0, 0.05) is 12.6 Å². The van der Waals surface area contributed by atoms with E-state index in [1.165, 1.54) is 22.3 Å². The zero-order valence-corrected chi connectivity index (χ0v) is 14.0. The number of anilines is 1. The van der Waals surface area contributed by atoms with Crippen molar-refractivity contribution in [2.45, 2.75) is 13.8 Å². The van der Waals surface area contributed by atoms with Gasteiger partial charge in [0.05, 0.1) is 11.9 Å². The van der Waals surface area contributed by atoms with Crippen LogP contribution in [0.4, 0.5) is 5.95 Å². The van der Waals surface area contributed by atoms with Gasteiger partial charge >= 0.3 is 0 Å². The number of benzene rings is 2. The molecule has 0 amide bonds. The Morgan fingerprint density at radius 2 is 1.54 bits per heavy atom. The molecule has 0 unspecified atom stereocenters. The molecule has 0 bridgehead atoms. The quantitative estimate of drug-likeness (QED) is 0.614. The van der Waals surface area contributed by atoms with Gasteiger partial charge in [-0.3, -0.25) is 4.57 Å². The first-order valence-corrected chi connectivity index (χ1v) is 7.88. The second kappa shape index (κ2) is 5.23. The van der Waals surface area contributed by atoms with E-state index in [0.717, 1.165) is 17.0 Å². The SMILES string of the molecule is Cc1ccc(-c2ccc(-c3cn4nc(N)n(C)c4n3)cc2)cc1C. The molecule has 0 saturated heterocycles. The van der Waals surface area contributed by atoms with Gasteiger partial charge < -0.3 is 5.73 Å². The summed E-state index contributed by atoms with van der Waals surface area (Å²) in [6.07, 6.45) is 1.90. The molecule has 120 valence electrons. The number of fused-ring (bicyclic) bond motifs is 1. The molecule has 4 aromatic rings. The fourth-order valence-corrected chi connectivity index (χ4v) is 2.84. The molecule has 0 atom stereocenters. The molecule has 0 radical (unpaired) electrons. The summed E-state index contributed by atoms with van der Waals surface area (Å²) in [6.45, 7) is 4.27. The summed E-state index contributed by atoms with van der Waals surface area (Å²) < 4.78 is 3.48. The molecule has 2 aromatic carbocycles. The number of rotatable bonds is 2. The predicted molar refractivity (Wildman–Crippen MR) is 96.7 cm³/mol. The third-order valence-corrected chi connectivity index (χ3v) is 4.54. The van der Waals surface area contributed by atoms with Gasteiger partial charge in [0.2, 0.25) is 11.7 Å². The summed E-state index contributed by atoms with van der Waals surface area (Å²) in [5.74, 6) is 1.19. The van der Waals surface area contributed by atoms with E-state index in [1.54, 1.807) is 9.08 Å². The Bertz CT molecular complexity index is 1040. The van der Waals surface area contributed by atoms with Crippen LogP contribution in [-0.2, 0) is 7.05 Å². The summed E-state index contributed by atoms with van der Waals surface area (Å²) >= 11 is 0. The van der Waals surface area contributed by atoms with Gasteiger partial charge in [0.15, 0.2) is 0 Å². The third kappa shape index (κ3) is 2.25. The average molecular weight is 317 g/mol. The first-order valence-electron chi connectivity index (χ1n) is 7.88. The molecular weight excluding hydrogens is 298 g/mol. The first kappa shape index (κ1) is 14.5. The maximum atomic E-state index is 5.78. The van der Waals surface area contributed by atoms with Crippen molar-refractivity contribution in [3.63, 3.8) is 0 Å². The highest BCUT2D eigenvalue weighted by atomic mass is 15.4. The fraction of sp³-hybridized carbons (Fsp3) is 0.158. The topological polar surface area (TPSA) is 61.1 Å². The Labute approximate surface area is 140 Å². The van der Waals surface area contributed by atoms with Gasteiger partial charge in [-0.2, -0.15) is 0 Å². The maximum Gasteiger partial charge on any atom is 0.233 e. The highest BCUT2D eigenvalue weighted by Gasteiger charge is 2.10. The molecule has 0 aliphatic rings. The van der Waals surface area contributed by atoms with Crippen molar-refractivity contribution >= 4 is 11.7 Å². The summed E-state index contributed by atoms with van der Waals surface area (Å²) in [6, 6.07) is 15.0. The van der Waals surface area contributed by atoms with Crippen molar-refractivity contribution in [1.29, 1.82) is 0 Å². The van der Waals surface area contributed by atoms with Crippen LogP contribution in [-0.4, -0.2) is 19.2 Å². The van der Waals surface area contributed by atoms with Gasteiger partial charge in [-0.1, -0.05) is 42.5 Å². The monoisotopic (exact) mass is 317 g/mol. The van der Waals surface area contributed by atoms with Crippen molar-refractivity contribution in [2.24, 2.45) is 7.05 Å². The van der Waals surface area contributed by atoms with E-state index in [-0.39, 0.29) is 0 Å². The lowest BCUT2D eigenvalue weighted by Gasteiger charge is -2.06. The van der Waals surface area contributed by atoms with E-state index in [0.29, 0.717) is 5.95 Å². The number of nitrogens with zero attached hydrogens (tertiary/aromatic N) is 4. The second-order valence-corrected chi connectivity index (χ2v) is 6.16. The zero-order valence-electron chi connectivity index (χ0n) is 14.0. The Balaban J connectivity index is 1.70. The lowest BCUT2D eigenvalue weighted by molar-refractivity contribution is 0.948. The minimum Gasteiger partial charge on any atom is -0.368 e. The minimum absolute atomic E-state index is 0.453. The summed E-state index contributed by atoms with van der Waals surface area (Å²) in [5.41, 5.74) is 12.8. The predicted octanol–water partition coefficient (Wildman–Crippen LogP) is 3.60. The number of nitrogens with two attached hydrogens (primary N) is 1. The van der Waals surface area contributed by atoms with Crippen LogP contribution in [0.5, 0.6) is 0 Å². The summed E-state index contributed by atoms with van der Waals surface area (Å²) in [4.78, 5) is 4.61. The van der Waals surface area contributed by atoms with E-state index in [4.69, 9.17) is 5.73 Å². The number of hydrogen-bond donors (Lipinski definition) is 1. The Kier molecular flexibility index (Phi) is 3.16. The van der Waals surface area contributed by atoms with Gasteiger partial charge in [-0.25, -0.2) is 9.50 Å². The van der Waals surface area contributed by atoms with Crippen LogP contribution >= 0.6 is 0 Å².